The monoisotopic (exact) mass is 308 g/mol. The van der Waals surface area contributed by atoms with Crippen LogP contribution in [0.4, 0.5) is 13.2 Å². The molecule has 0 aliphatic heterocycles. The number of hydrogen-bond donors (Lipinski definition) is 2. The Balaban J connectivity index is 2.79. The third-order valence-corrected chi connectivity index (χ3v) is 3.08. The Hall–Kier alpha value is -1.90. The third kappa shape index (κ3) is 4.34. The molecule has 0 aromatic carbocycles. The standard InChI is InChI=1S/C11H11F3N2O3S/c1-2-3-4-6(9(18)19)15-8(17)7-5-20-10(16-7)11(12,13)14/h2-3,5-6H,4H2,1H3,(H,15,17)(H,18,19)/b3-2+. The molecule has 1 amide bonds. The first kappa shape index (κ1) is 16.2. The van der Waals surface area contributed by atoms with Crippen molar-refractivity contribution >= 4 is 23.2 Å². The van der Waals surface area contributed by atoms with Gasteiger partial charge in [-0.15, -0.1) is 11.3 Å². The minimum atomic E-state index is -4.62. The lowest BCUT2D eigenvalue weighted by atomic mass is 10.2. The number of hydrogen-bond acceptors (Lipinski definition) is 4. The van der Waals surface area contributed by atoms with E-state index >= 15 is 0 Å². The Morgan fingerprint density at radius 3 is 2.65 bits per heavy atom. The average molecular weight is 308 g/mol. The molecule has 1 heterocycles. The lowest BCUT2D eigenvalue weighted by molar-refractivity contribution is -0.139. The number of carbonyl (C=O) groups excluding carboxylic acids is 1. The predicted octanol–water partition coefficient (Wildman–Crippen LogP) is 2.31. The second-order valence-corrected chi connectivity index (χ2v) is 4.56. The molecular formula is C11H11F3N2O3S. The van der Waals surface area contributed by atoms with E-state index < -0.39 is 34.8 Å². The van der Waals surface area contributed by atoms with Crippen molar-refractivity contribution in [3.8, 4) is 0 Å². The molecule has 1 atom stereocenters. The fourth-order valence-corrected chi connectivity index (χ4v) is 1.90. The van der Waals surface area contributed by atoms with Crippen molar-refractivity contribution in [2.75, 3.05) is 0 Å². The Kier molecular flexibility index (Phi) is 5.26. The van der Waals surface area contributed by atoms with Crippen LogP contribution in [0.15, 0.2) is 17.5 Å². The van der Waals surface area contributed by atoms with Gasteiger partial charge in [-0.25, -0.2) is 9.78 Å². The minimum Gasteiger partial charge on any atom is -0.480 e. The normalized spacial score (nSPS) is 13.4. The van der Waals surface area contributed by atoms with Crippen LogP contribution in [-0.4, -0.2) is 28.0 Å². The molecule has 1 rings (SSSR count). The maximum absolute atomic E-state index is 12.3. The molecule has 0 radical (unpaired) electrons. The highest BCUT2D eigenvalue weighted by Gasteiger charge is 2.35. The number of carboxylic acids is 1. The molecule has 0 bridgehead atoms. The average Bonchev–Trinajstić information content (AvgIpc) is 2.83. The molecule has 1 aromatic rings. The third-order valence-electron chi connectivity index (χ3n) is 2.19. The van der Waals surface area contributed by atoms with Crippen molar-refractivity contribution in [2.45, 2.75) is 25.6 Å². The number of amides is 1. The van der Waals surface area contributed by atoms with Crippen molar-refractivity contribution in [1.29, 1.82) is 0 Å². The van der Waals surface area contributed by atoms with E-state index in [1.165, 1.54) is 6.08 Å². The van der Waals surface area contributed by atoms with Gasteiger partial charge in [-0.05, 0) is 13.3 Å². The molecule has 0 fully saturated rings. The van der Waals surface area contributed by atoms with Crippen LogP contribution in [0.25, 0.3) is 0 Å². The summed E-state index contributed by atoms with van der Waals surface area (Å²) >= 11 is 0.280. The molecule has 1 unspecified atom stereocenters. The van der Waals surface area contributed by atoms with Gasteiger partial charge >= 0.3 is 12.1 Å². The summed E-state index contributed by atoms with van der Waals surface area (Å²) < 4.78 is 37.0. The first-order valence-electron chi connectivity index (χ1n) is 5.43. The van der Waals surface area contributed by atoms with E-state index in [4.69, 9.17) is 5.11 Å². The summed E-state index contributed by atoms with van der Waals surface area (Å²) in [5.41, 5.74) is -0.450. The van der Waals surface area contributed by atoms with Gasteiger partial charge in [0.15, 0.2) is 5.01 Å². The van der Waals surface area contributed by atoms with E-state index in [2.05, 4.69) is 10.3 Å². The van der Waals surface area contributed by atoms with E-state index in [1.54, 1.807) is 13.0 Å². The summed E-state index contributed by atoms with van der Waals surface area (Å²) in [6, 6.07) is -1.21. The van der Waals surface area contributed by atoms with Gasteiger partial charge in [0.25, 0.3) is 5.91 Å². The summed E-state index contributed by atoms with van der Waals surface area (Å²) in [5.74, 6) is -2.23. The highest BCUT2D eigenvalue weighted by molar-refractivity contribution is 7.09. The molecular weight excluding hydrogens is 297 g/mol. The second kappa shape index (κ2) is 6.51. The number of aliphatic carboxylic acids is 1. The summed E-state index contributed by atoms with van der Waals surface area (Å²) in [6.45, 7) is 1.68. The van der Waals surface area contributed by atoms with Gasteiger partial charge in [-0.1, -0.05) is 12.2 Å². The zero-order valence-corrected chi connectivity index (χ0v) is 11.1. The number of rotatable bonds is 5. The number of aromatic nitrogens is 1. The number of nitrogens with zero attached hydrogens (tertiary/aromatic N) is 1. The molecule has 0 spiro atoms. The topological polar surface area (TPSA) is 79.3 Å². The van der Waals surface area contributed by atoms with Crippen LogP contribution < -0.4 is 5.32 Å². The highest BCUT2D eigenvalue weighted by Crippen LogP contribution is 2.31. The molecule has 0 saturated heterocycles. The van der Waals surface area contributed by atoms with Crippen molar-refractivity contribution in [3.05, 3.63) is 28.2 Å². The first-order chi connectivity index (χ1) is 9.25. The summed E-state index contributed by atoms with van der Waals surface area (Å²) in [5, 5.41) is 10.8. The van der Waals surface area contributed by atoms with Gasteiger partial charge in [0.1, 0.15) is 11.7 Å². The number of halogens is 3. The number of carboxylic acid groups (broad SMARTS) is 1. The second-order valence-electron chi connectivity index (χ2n) is 3.70. The number of thiazole rings is 1. The van der Waals surface area contributed by atoms with E-state index in [-0.39, 0.29) is 17.8 Å². The van der Waals surface area contributed by atoms with E-state index in [0.717, 1.165) is 5.38 Å². The summed E-state index contributed by atoms with van der Waals surface area (Å²) in [4.78, 5) is 25.7. The predicted molar refractivity (Wildman–Crippen MR) is 65.4 cm³/mol. The lowest BCUT2D eigenvalue weighted by Crippen LogP contribution is -2.40. The van der Waals surface area contributed by atoms with Crippen molar-refractivity contribution in [1.82, 2.24) is 10.3 Å². The van der Waals surface area contributed by atoms with Crippen LogP contribution in [0, 0.1) is 0 Å². The van der Waals surface area contributed by atoms with Gasteiger partial charge in [0.2, 0.25) is 0 Å². The van der Waals surface area contributed by atoms with Gasteiger partial charge in [0.05, 0.1) is 0 Å². The fraction of sp³-hybridized carbons (Fsp3) is 0.364. The quantitative estimate of drug-likeness (QED) is 0.818. The van der Waals surface area contributed by atoms with Crippen molar-refractivity contribution in [3.63, 3.8) is 0 Å². The van der Waals surface area contributed by atoms with Crippen LogP contribution >= 0.6 is 11.3 Å². The highest BCUT2D eigenvalue weighted by atomic mass is 32.1. The van der Waals surface area contributed by atoms with E-state index in [9.17, 15) is 22.8 Å². The smallest absolute Gasteiger partial charge is 0.443 e. The molecule has 20 heavy (non-hydrogen) atoms. The fourth-order valence-electron chi connectivity index (χ4n) is 1.23. The Morgan fingerprint density at radius 2 is 2.20 bits per heavy atom. The van der Waals surface area contributed by atoms with Crippen LogP contribution in [-0.2, 0) is 11.0 Å². The zero-order chi connectivity index (χ0) is 15.3. The number of allylic oxidation sites excluding steroid dienone is 1. The SMILES string of the molecule is C/C=C/CC(NC(=O)c1csc(C(F)(F)F)n1)C(=O)O. The molecule has 0 aliphatic rings. The van der Waals surface area contributed by atoms with Crippen LogP contribution in [0.1, 0.15) is 28.8 Å². The molecule has 1 aromatic heterocycles. The molecule has 2 N–H and O–H groups in total. The maximum Gasteiger partial charge on any atom is 0.443 e. The Morgan fingerprint density at radius 1 is 1.55 bits per heavy atom. The van der Waals surface area contributed by atoms with Gasteiger partial charge in [-0.2, -0.15) is 13.2 Å². The molecule has 0 saturated carbocycles. The molecule has 9 heteroatoms. The van der Waals surface area contributed by atoms with Crippen molar-refractivity contribution < 1.29 is 27.9 Å². The number of carbonyl (C=O) groups is 2. The Bertz CT molecular complexity index is 525. The van der Waals surface area contributed by atoms with E-state index in [0.29, 0.717) is 0 Å². The minimum absolute atomic E-state index is 0.0356. The van der Waals surface area contributed by atoms with Gasteiger partial charge in [0, 0.05) is 5.38 Å². The van der Waals surface area contributed by atoms with Crippen LogP contribution in [0.3, 0.4) is 0 Å². The number of nitrogens with one attached hydrogen (secondary N) is 1. The molecule has 5 nitrogen and oxygen atoms in total. The van der Waals surface area contributed by atoms with Crippen LogP contribution in [0.5, 0.6) is 0 Å². The van der Waals surface area contributed by atoms with E-state index in [1.807, 2.05) is 0 Å². The van der Waals surface area contributed by atoms with Crippen LogP contribution in [0.2, 0.25) is 0 Å². The van der Waals surface area contributed by atoms with Gasteiger partial charge < -0.3 is 10.4 Å². The zero-order valence-electron chi connectivity index (χ0n) is 10.3. The maximum atomic E-state index is 12.3. The number of alkyl halides is 3. The first-order valence-corrected chi connectivity index (χ1v) is 6.31. The lowest BCUT2D eigenvalue weighted by Gasteiger charge is -2.11. The van der Waals surface area contributed by atoms with Gasteiger partial charge in [-0.3, -0.25) is 4.79 Å². The van der Waals surface area contributed by atoms with Crippen molar-refractivity contribution in [2.24, 2.45) is 0 Å². The molecule has 0 aliphatic carbocycles. The summed E-state index contributed by atoms with van der Waals surface area (Å²) in [6.07, 6.45) is -1.46. The largest absolute Gasteiger partial charge is 0.480 e. The summed E-state index contributed by atoms with van der Waals surface area (Å²) in [7, 11) is 0. The molecule has 110 valence electrons. The Labute approximate surface area is 116 Å².